The van der Waals surface area contributed by atoms with Crippen molar-refractivity contribution in [3.05, 3.63) is 36.3 Å². The molecule has 1 aliphatic rings. The van der Waals surface area contributed by atoms with Crippen LogP contribution >= 0.6 is 0 Å². The summed E-state index contributed by atoms with van der Waals surface area (Å²) in [7, 11) is 0. The Balaban J connectivity index is 0.00000133. The molecule has 0 saturated heterocycles. The van der Waals surface area contributed by atoms with Gasteiger partial charge >= 0.3 is 0 Å². The van der Waals surface area contributed by atoms with Crippen LogP contribution in [0.15, 0.2) is 30.5 Å². The Kier molecular flexibility index (Phi) is 4.45. The fraction of sp³-hybridized carbons (Fsp3) is 0.357. The molecule has 0 aliphatic carbocycles. The van der Waals surface area contributed by atoms with E-state index in [1.54, 1.807) is 0 Å². The van der Waals surface area contributed by atoms with Crippen LogP contribution in [0.3, 0.4) is 0 Å². The summed E-state index contributed by atoms with van der Waals surface area (Å²) in [6.07, 6.45) is 1.92. The molecule has 0 saturated carbocycles. The summed E-state index contributed by atoms with van der Waals surface area (Å²) in [5, 5.41) is 0. The van der Waals surface area contributed by atoms with Gasteiger partial charge < -0.3 is 26.4 Å². The first-order valence-electron chi connectivity index (χ1n) is 6.24. The fourth-order valence-electron chi connectivity index (χ4n) is 2.22. The van der Waals surface area contributed by atoms with Crippen molar-refractivity contribution in [3.8, 4) is 17.0 Å². The Labute approximate surface area is 118 Å². The van der Waals surface area contributed by atoms with E-state index in [2.05, 4.69) is 21.7 Å². The van der Waals surface area contributed by atoms with E-state index < -0.39 is 0 Å². The third-order valence-electron chi connectivity index (χ3n) is 3.09. The first-order valence-corrected chi connectivity index (χ1v) is 6.24. The highest BCUT2D eigenvalue weighted by Crippen LogP contribution is 2.25. The molecule has 1 aliphatic heterocycles. The molecular weight excluding hydrogens is 264 g/mol. The van der Waals surface area contributed by atoms with E-state index in [0.29, 0.717) is 13.2 Å². The summed E-state index contributed by atoms with van der Waals surface area (Å²) in [6, 6.07) is 8.14. The second-order valence-corrected chi connectivity index (χ2v) is 4.22. The SMILES string of the molecule is CCOc1ccc(-c2cnc3n2CCOC3)cc1.[Cl-]. The minimum absolute atomic E-state index is 0. The zero-order valence-corrected chi connectivity index (χ0v) is 11.6. The highest BCUT2D eigenvalue weighted by atomic mass is 35.5. The Bertz CT molecular complexity index is 537. The van der Waals surface area contributed by atoms with Crippen molar-refractivity contribution in [2.75, 3.05) is 13.2 Å². The van der Waals surface area contributed by atoms with Crippen molar-refractivity contribution >= 4 is 0 Å². The minimum atomic E-state index is 0. The maximum atomic E-state index is 5.45. The molecule has 0 N–H and O–H groups in total. The van der Waals surface area contributed by atoms with E-state index in [1.165, 1.54) is 5.56 Å². The number of nitrogens with zero attached hydrogens (tertiary/aromatic N) is 2. The molecule has 0 amide bonds. The normalized spacial score (nSPS) is 13.5. The third-order valence-corrected chi connectivity index (χ3v) is 3.09. The van der Waals surface area contributed by atoms with Crippen LogP contribution in [0.5, 0.6) is 5.75 Å². The zero-order chi connectivity index (χ0) is 12.4. The molecule has 1 aromatic heterocycles. The molecule has 0 radical (unpaired) electrons. The summed E-state index contributed by atoms with van der Waals surface area (Å²) in [4.78, 5) is 4.40. The van der Waals surface area contributed by atoms with Crippen LogP contribution in [0, 0.1) is 0 Å². The van der Waals surface area contributed by atoms with E-state index in [4.69, 9.17) is 9.47 Å². The monoisotopic (exact) mass is 279 g/mol. The topological polar surface area (TPSA) is 36.3 Å². The van der Waals surface area contributed by atoms with Gasteiger partial charge in [-0.1, -0.05) is 0 Å². The molecule has 1 aromatic carbocycles. The Hall–Kier alpha value is -1.52. The van der Waals surface area contributed by atoms with Crippen molar-refractivity contribution in [2.45, 2.75) is 20.1 Å². The zero-order valence-electron chi connectivity index (χ0n) is 10.8. The second-order valence-electron chi connectivity index (χ2n) is 4.22. The molecule has 0 atom stereocenters. The lowest BCUT2D eigenvalue weighted by atomic mass is 10.1. The largest absolute Gasteiger partial charge is 1.00 e. The van der Waals surface area contributed by atoms with Crippen LogP contribution in [-0.4, -0.2) is 22.8 Å². The van der Waals surface area contributed by atoms with Gasteiger partial charge in [0, 0.05) is 12.1 Å². The number of halogens is 1. The van der Waals surface area contributed by atoms with Crippen LogP contribution < -0.4 is 17.1 Å². The van der Waals surface area contributed by atoms with Crippen molar-refractivity contribution in [3.63, 3.8) is 0 Å². The maximum absolute atomic E-state index is 5.45. The van der Waals surface area contributed by atoms with Crippen LogP contribution in [0.2, 0.25) is 0 Å². The van der Waals surface area contributed by atoms with Gasteiger partial charge in [0.15, 0.2) is 0 Å². The quantitative estimate of drug-likeness (QED) is 0.759. The van der Waals surface area contributed by atoms with Gasteiger partial charge in [-0.2, -0.15) is 0 Å². The Morgan fingerprint density at radius 3 is 2.84 bits per heavy atom. The Morgan fingerprint density at radius 1 is 1.32 bits per heavy atom. The van der Waals surface area contributed by atoms with E-state index in [1.807, 2.05) is 25.3 Å². The molecule has 0 unspecified atom stereocenters. The molecule has 4 nitrogen and oxygen atoms in total. The molecule has 0 spiro atoms. The summed E-state index contributed by atoms with van der Waals surface area (Å²) in [5.74, 6) is 1.91. The smallest absolute Gasteiger partial charge is 0.135 e. The van der Waals surface area contributed by atoms with Crippen molar-refractivity contribution in [1.29, 1.82) is 0 Å². The molecule has 5 heteroatoms. The predicted octanol–water partition coefficient (Wildman–Crippen LogP) is -0.517. The average Bonchev–Trinajstić information content (AvgIpc) is 2.84. The molecule has 0 fully saturated rings. The van der Waals surface area contributed by atoms with Gasteiger partial charge in [0.05, 0.1) is 25.1 Å². The lowest BCUT2D eigenvalue weighted by Gasteiger charge is -2.17. The molecule has 3 rings (SSSR count). The fourth-order valence-corrected chi connectivity index (χ4v) is 2.22. The lowest BCUT2D eigenvalue weighted by molar-refractivity contribution is -0.00000484. The van der Waals surface area contributed by atoms with Crippen LogP contribution in [0.25, 0.3) is 11.3 Å². The van der Waals surface area contributed by atoms with Gasteiger partial charge in [0.1, 0.15) is 18.2 Å². The molecule has 102 valence electrons. The number of hydrogen-bond acceptors (Lipinski definition) is 3. The van der Waals surface area contributed by atoms with Crippen LogP contribution in [0.1, 0.15) is 12.7 Å². The summed E-state index contributed by atoms with van der Waals surface area (Å²) in [6.45, 7) is 4.92. The van der Waals surface area contributed by atoms with Crippen molar-refractivity contribution in [2.24, 2.45) is 0 Å². The van der Waals surface area contributed by atoms with Gasteiger partial charge in [-0.15, -0.1) is 0 Å². The highest BCUT2D eigenvalue weighted by molar-refractivity contribution is 5.60. The first-order chi connectivity index (χ1) is 8.88. The number of ether oxygens (including phenoxy) is 2. The van der Waals surface area contributed by atoms with Gasteiger partial charge in [-0.05, 0) is 31.2 Å². The van der Waals surface area contributed by atoms with Crippen molar-refractivity contribution < 1.29 is 21.9 Å². The molecule has 19 heavy (non-hydrogen) atoms. The molecular formula is C14H16ClN2O2-. The number of benzene rings is 1. The minimum Gasteiger partial charge on any atom is -1.00 e. The number of hydrogen-bond donors (Lipinski definition) is 0. The number of aromatic nitrogens is 2. The molecule has 2 heterocycles. The average molecular weight is 280 g/mol. The Morgan fingerprint density at radius 2 is 2.11 bits per heavy atom. The number of fused-ring (bicyclic) bond motifs is 1. The van der Waals surface area contributed by atoms with Gasteiger partial charge in [-0.3, -0.25) is 0 Å². The number of imidazole rings is 1. The third kappa shape index (κ3) is 2.74. The molecule has 0 bridgehead atoms. The summed E-state index contributed by atoms with van der Waals surface area (Å²) in [5.41, 5.74) is 2.32. The summed E-state index contributed by atoms with van der Waals surface area (Å²) < 4.78 is 13.1. The van der Waals surface area contributed by atoms with E-state index in [9.17, 15) is 0 Å². The standard InChI is InChI=1S/C14H16N2O2.ClH/c1-2-18-12-5-3-11(4-6-12)13-9-15-14-10-17-8-7-16(13)14;/h3-6,9H,2,7-8,10H2,1H3;1H/p-1. The van der Waals surface area contributed by atoms with E-state index in [0.717, 1.165) is 30.4 Å². The predicted molar refractivity (Wildman–Crippen MR) is 68.5 cm³/mol. The lowest BCUT2D eigenvalue weighted by Crippen LogP contribution is -3.00. The maximum Gasteiger partial charge on any atom is 0.135 e. The van der Waals surface area contributed by atoms with Gasteiger partial charge in [0.2, 0.25) is 0 Å². The highest BCUT2D eigenvalue weighted by Gasteiger charge is 2.15. The summed E-state index contributed by atoms with van der Waals surface area (Å²) >= 11 is 0. The van der Waals surface area contributed by atoms with Crippen LogP contribution in [-0.2, 0) is 17.9 Å². The first kappa shape index (κ1) is 13.9. The van der Waals surface area contributed by atoms with Crippen LogP contribution in [0.4, 0.5) is 0 Å². The van der Waals surface area contributed by atoms with Crippen molar-refractivity contribution in [1.82, 2.24) is 9.55 Å². The van der Waals surface area contributed by atoms with E-state index in [-0.39, 0.29) is 12.4 Å². The van der Waals surface area contributed by atoms with Gasteiger partial charge in [-0.25, -0.2) is 4.98 Å². The molecule has 2 aromatic rings. The second kappa shape index (κ2) is 6.08. The number of rotatable bonds is 3. The van der Waals surface area contributed by atoms with Gasteiger partial charge in [0.25, 0.3) is 0 Å². The van der Waals surface area contributed by atoms with E-state index >= 15 is 0 Å².